The first kappa shape index (κ1) is 9.77. The number of rotatable bonds is 3. The van der Waals surface area contributed by atoms with E-state index in [4.69, 9.17) is 0 Å². The summed E-state index contributed by atoms with van der Waals surface area (Å²) in [6, 6.07) is 9.78. The molecule has 2 aromatic rings. The third-order valence-electron chi connectivity index (χ3n) is 2.28. The van der Waals surface area contributed by atoms with Gasteiger partial charge in [0.1, 0.15) is 5.69 Å². The Morgan fingerprint density at radius 3 is 2.67 bits per heavy atom. The second-order valence-corrected chi connectivity index (χ2v) is 3.49. The highest BCUT2D eigenvalue weighted by atomic mass is 16.3. The molecular formula is C12H14N2O. The fourth-order valence-corrected chi connectivity index (χ4v) is 1.53. The number of hydrogen-bond acceptors (Lipinski definition) is 2. The van der Waals surface area contributed by atoms with Gasteiger partial charge in [-0.05, 0) is 18.6 Å². The van der Waals surface area contributed by atoms with E-state index >= 15 is 0 Å². The molecule has 2 rings (SSSR count). The lowest BCUT2D eigenvalue weighted by molar-refractivity contribution is 0.467. The van der Waals surface area contributed by atoms with Crippen molar-refractivity contribution in [2.24, 2.45) is 0 Å². The van der Waals surface area contributed by atoms with Crippen molar-refractivity contribution in [2.75, 3.05) is 0 Å². The van der Waals surface area contributed by atoms with Gasteiger partial charge < -0.3 is 5.11 Å². The Morgan fingerprint density at radius 2 is 2.00 bits per heavy atom. The summed E-state index contributed by atoms with van der Waals surface area (Å²) in [7, 11) is 0. The van der Waals surface area contributed by atoms with Crippen LogP contribution in [0.3, 0.4) is 0 Å². The molecule has 1 heterocycles. The van der Waals surface area contributed by atoms with Crippen molar-refractivity contribution in [3.05, 3.63) is 42.2 Å². The maximum absolute atomic E-state index is 9.64. The number of hydrogen-bond donors (Lipinski definition) is 1. The number of nitrogens with zero attached hydrogens (tertiary/aromatic N) is 2. The maximum atomic E-state index is 9.64. The number of aromatic hydroxyl groups is 1. The predicted molar refractivity (Wildman–Crippen MR) is 59.2 cm³/mol. The van der Waals surface area contributed by atoms with Gasteiger partial charge in [0.05, 0.1) is 11.9 Å². The van der Waals surface area contributed by atoms with Crippen molar-refractivity contribution in [3.8, 4) is 11.4 Å². The first-order valence-electron chi connectivity index (χ1n) is 5.14. The Balaban J connectivity index is 2.34. The first-order chi connectivity index (χ1) is 7.31. The highest BCUT2D eigenvalue weighted by Gasteiger charge is 2.07. The minimum Gasteiger partial charge on any atom is -0.504 e. The molecule has 0 radical (unpaired) electrons. The van der Waals surface area contributed by atoms with Crippen molar-refractivity contribution in [1.29, 1.82) is 0 Å². The smallest absolute Gasteiger partial charge is 0.157 e. The second-order valence-electron chi connectivity index (χ2n) is 3.49. The molecule has 0 amide bonds. The SMILES string of the molecule is CCCc1nn(-c2ccccc2)cc1O. The molecule has 0 aliphatic heterocycles. The molecule has 0 spiro atoms. The van der Waals surface area contributed by atoms with E-state index in [9.17, 15) is 5.11 Å². The average molecular weight is 202 g/mol. The molecule has 0 aliphatic carbocycles. The number of benzene rings is 1. The van der Waals surface area contributed by atoms with Gasteiger partial charge in [-0.25, -0.2) is 4.68 Å². The van der Waals surface area contributed by atoms with E-state index in [1.807, 2.05) is 30.3 Å². The van der Waals surface area contributed by atoms with Gasteiger partial charge in [0.25, 0.3) is 0 Å². The van der Waals surface area contributed by atoms with Crippen LogP contribution in [0.5, 0.6) is 5.75 Å². The fourth-order valence-electron chi connectivity index (χ4n) is 1.53. The number of aryl methyl sites for hydroxylation is 1. The van der Waals surface area contributed by atoms with Crippen LogP contribution in [0.2, 0.25) is 0 Å². The van der Waals surface area contributed by atoms with Crippen LogP contribution in [0.25, 0.3) is 5.69 Å². The van der Waals surface area contributed by atoms with Gasteiger partial charge in [0.2, 0.25) is 0 Å². The Bertz CT molecular complexity index is 434. The lowest BCUT2D eigenvalue weighted by Gasteiger charge is -1.98. The molecule has 0 unspecified atom stereocenters. The van der Waals surface area contributed by atoms with Crippen molar-refractivity contribution >= 4 is 0 Å². The largest absolute Gasteiger partial charge is 0.504 e. The summed E-state index contributed by atoms with van der Waals surface area (Å²) in [5.74, 6) is 0.278. The standard InChI is InChI=1S/C12H14N2O/c1-2-6-11-12(15)9-14(13-11)10-7-4-3-5-8-10/h3-5,7-9,15H,2,6H2,1H3. The van der Waals surface area contributed by atoms with Crippen LogP contribution in [0.15, 0.2) is 36.5 Å². The average Bonchev–Trinajstić information content (AvgIpc) is 2.63. The van der Waals surface area contributed by atoms with E-state index in [0.717, 1.165) is 24.2 Å². The molecule has 78 valence electrons. The summed E-state index contributed by atoms with van der Waals surface area (Å²) < 4.78 is 1.71. The molecule has 15 heavy (non-hydrogen) atoms. The van der Waals surface area contributed by atoms with E-state index in [-0.39, 0.29) is 5.75 Å². The maximum Gasteiger partial charge on any atom is 0.157 e. The minimum absolute atomic E-state index is 0.278. The van der Waals surface area contributed by atoms with Gasteiger partial charge in [-0.3, -0.25) is 0 Å². The molecule has 3 nitrogen and oxygen atoms in total. The van der Waals surface area contributed by atoms with E-state index < -0.39 is 0 Å². The van der Waals surface area contributed by atoms with Gasteiger partial charge >= 0.3 is 0 Å². The zero-order valence-corrected chi connectivity index (χ0v) is 8.72. The molecule has 0 aliphatic rings. The van der Waals surface area contributed by atoms with Gasteiger partial charge in [-0.1, -0.05) is 31.5 Å². The molecule has 0 bridgehead atoms. The van der Waals surface area contributed by atoms with Crippen LogP contribution in [-0.4, -0.2) is 14.9 Å². The molecule has 0 saturated heterocycles. The number of para-hydroxylation sites is 1. The van der Waals surface area contributed by atoms with Crippen molar-refractivity contribution < 1.29 is 5.11 Å². The quantitative estimate of drug-likeness (QED) is 0.830. The van der Waals surface area contributed by atoms with Crippen LogP contribution in [0, 0.1) is 0 Å². The van der Waals surface area contributed by atoms with E-state index in [2.05, 4.69) is 12.0 Å². The normalized spacial score (nSPS) is 10.5. The topological polar surface area (TPSA) is 38.0 Å². The predicted octanol–water partition coefficient (Wildman–Crippen LogP) is 2.53. The van der Waals surface area contributed by atoms with E-state index in [1.165, 1.54) is 0 Å². The van der Waals surface area contributed by atoms with Gasteiger partial charge in [0.15, 0.2) is 5.75 Å². The molecule has 0 saturated carbocycles. The molecule has 1 aromatic heterocycles. The summed E-state index contributed by atoms with van der Waals surface area (Å²) in [6.45, 7) is 2.07. The molecular weight excluding hydrogens is 188 g/mol. The zero-order chi connectivity index (χ0) is 10.7. The summed E-state index contributed by atoms with van der Waals surface area (Å²) in [5.41, 5.74) is 1.73. The third-order valence-corrected chi connectivity index (χ3v) is 2.28. The zero-order valence-electron chi connectivity index (χ0n) is 8.72. The first-order valence-corrected chi connectivity index (χ1v) is 5.14. The van der Waals surface area contributed by atoms with Gasteiger partial charge in [-0.2, -0.15) is 5.10 Å². The van der Waals surface area contributed by atoms with Crippen molar-refractivity contribution in [2.45, 2.75) is 19.8 Å². The molecule has 1 aromatic carbocycles. The Kier molecular flexibility index (Phi) is 2.72. The second kappa shape index (κ2) is 4.17. The molecule has 0 atom stereocenters. The summed E-state index contributed by atoms with van der Waals surface area (Å²) in [6.07, 6.45) is 3.45. The van der Waals surface area contributed by atoms with Gasteiger partial charge in [-0.15, -0.1) is 0 Å². The lowest BCUT2D eigenvalue weighted by atomic mass is 10.2. The number of aromatic nitrogens is 2. The van der Waals surface area contributed by atoms with E-state index in [1.54, 1.807) is 10.9 Å². The van der Waals surface area contributed by atoms with Crippen LogP contribution in [0.1, 0.15) is 19.0 Å². The van der Waals surface area contributed by atoms with Crippen LogP contribution in [-0.2, 0) is 6.42 Å². The fraction of sp³-hybridized carbons (Fsp3) is 0.250. The van der Waals surface area contributed by atoms with E-state index in [0.29, 0.717) is 0 Å². The van der Waals surface area contributed by atoms with Crippen LogP contribution in [0.4, 0.5) is 0 Å². The minimum atomic E-state index is 0.278. The summed E-state index contributed by atoms with van der Waals surface area (Å²) in [5, 5.41) is 14.0. The van der Waals surface area contributed by atoms with Crippen LogP contribution < -0.4 is 0 Å². The van der Waals surface area contributed by atoms with Gasteiger partial charge in [0, 0.05) is 0 Å². The highest BCUT2D eigenvalue weighted by molar-refractivity contribution is 5.34. The Hall–Kier alpha value is -1.77. The summed E-state index contributed by atoms with van der Waals surface area (Å²) >= 11 is 0. The molecule has 0 fully saturated rings. The monoisotopic (exact) mass is 202 g/mol. The Morgan fingerprint density at radius 1 is 1.27 bits per heavy atom. The third kappa shape index (κ3) is 2.01. The lowest BCUT2D eigenvalue weighted by Crippen LogP contribution is -1.95. The molecule has 1 N–H and O–H groups in total. The molecule has 3 heteroatoms. The van der Waals surface area contributed by atoms with Crippen molar-refractivity contribution in [1.82, 2.24) is 9.78 Å². The summed E-state index contributed by atoms with van der Waals surface area (Å²) in [4.78, 5) is 0. The Labute approximate surface area is 89.0 Å². The van der Waals surface area contributed by atoms with Crippen LogP contribution >= 0.6 is 0 Å². The highest BCUT2D eigenvalue weighted by Crippen LogP contribution is 2.18. The van der Waals surface area contributed by atoms with Crippen molar-refractivity contribution in [3.63, 3.8) is 0 Å².